The van der Waals surface area contributed by atoms with Crippen LogP contribution in [0, 0.1) is 0 Å². The number of halogens is 3. The number of nitrogens with two attached hydrogens (primary N) is 1. The maximum absolute atomic E-state index is 12.1. The van der Waals surface area contributed by atoms with Crippen molar-refractivity contribution in [2.75, 3.05) is 19.0 Å². The van der Waals surface area contributed by atoms with E-state index >= 15 is 0 Å². The number of anilines is 1. The molecule has 0 amide bonds. The smallest absolute Gasteiger partial charge is 0.251 e. The highest BCUT2D eigenvalue weighted by molar-refractivity contribution is 6.31. The zero-order valence-electron chi connectivity index (χ0n) is 8.75. The van der Waals surface area contributed by atoms with Crippen LogP contribution in [0.1, 0.15) is 5.69 Å². The van der Waals surface area contributed by atoms with Gasteiger partial charge in [0.05, 0.1) is 17.3 Å². The van der Waals surface area contributed by atoms with E-state index in [0.29, 0.717) is 16.5 Å². The van der Waals surface area contributed by atoms with Crippen LogP contribution in [-0.4, -0.2) is 29.9 Å². The van der Waals surface area contributed by atoms with Crippen LogP contribution in [0.25, 0.3) is 0 Å². The lowest BCUT2D eigenvalue weighted by molar-refractivity contribution is 0.0971. The molecule has 0 radical (unpaired) electrons. The largest absolute Gasteiger partial charge is 0.308 e. The van der Waals surface area contributed by atoms with Crippen LogP contribution in [0.2, 0.25) is 5.02 Å². The lowest BCUT2D eigenvalue weighted by atomic mass is 10.3. The summed E-state index contributed by atoms with van der Waals surface area (Å²) < 4.78 is 24.2. The lowest BCUT2D eigenvalue weighted by Gasteiger charge is -2.16. The first-order valence-electron chi connectivity index (χ1n) is 4.61. The lowest BCUT2D eigenvalue weighted by Crippen LogP contribution is -2.25. The van der Waals surface area contributed by atoms with Gasteiger partial charge in [-0.3, -0.25) is 4.90 Å². The predicted molar refractivity (Wildman–Crippen MR) is 59.4 cm³/mol. The van der Waals surface area contributed by atoms with Gasteiger partial charge in [0, 0.05) is 6.54 Å². The Kier molecular flexibility index (Phi) is 4.85. The van der Waals surface area contributed by atoms with Gasteiger partial charge in [-0.15, -0.1) is 0 Å². The van der Waals surface area contributed by atoms with Gasteiger partial charge in [0.1, 0.15) is 5.82 Å². The van der Waals surface area contributed by atoms with E-state index < -0.39 is 6.43 Å². The van der Waals surface area contributed by atoms with Crippen LogP contribution in [0.4, 0.5) is 14.6 Å². The van der Waals surface area contributed by atoms with Crippen molar-refractivity contribution in [2.45, 2.75) is 13.0 Å². The highest BCUT2D eigenvalue weighted by atomic mass is 35.5. The number of nitrogens with zero attached hydrogens (tertiary/aromatic N) is 2. The first-order valence-corrected chi connectivity index (χ1v) is 4.99. The van der Waals surface area contributed by atoms with E-state index in [1.807, 2.05) is 0 Å². The third-order valence-electron chi connectivity index (χ3n) is 1.94. The van der Waals surface area contributed by atoms with E-state index in [1.165, 1.54) is 4.90 Å². The molecule has 0 saturated heterocycles. The molecule has 0 aliphatic carbocycles. The number of hydrogen-bond acceptors (Lipinski definition) is 4. The van der Waals surface area contributed by atoms with Crippen LogP contribution >= 0.6 is 11.6 Å². The highest BCUT2D eigenvalue weighted by Crippen LogP contribution is 2.17. The van der Waals surface area contributed by atoms with E-state index in [2.05, 4.69) is 10.4 Å². The van der Waals surface area contributed by atoms with Crippen molar-refractivity contribution in [3.05, 3.63) is 22.8 Å². The monoisotopic (exact) mass is 250 g/mol. The first-order chi connectivity index (χ1) is 7.52. The van der Waals surface area contributed by atoms with Gasteiger partial charge in [-0.2, -0.15) is 0 Å². The van der Waals surface area contributed by atoms with Gasteiger partial charge in [0.2, 0.25) is 0 Å². The summed E-state index contributed by atoms with van der Waals surface area (Å²) in [4.78, 5) is 5.53. The minimum absolute atomic E-state index is 0.249. The minimum Gasteiger partial charge on any atom is -0.308 e. The van der Waals surface area contributed by atoms with Crippen LogP contribution in [-0.2, 0) is 6.54 Å². The Morgan fingerprint density at radius 3 is 2.81 bits per heavy atom. The van der Waals surface area contributed by atoms with Crippen LogP contribution in [0.3, 0.4) is 0 Å². The second-order valence-corrected chi connectivity index (χ2v) is 3.76. The number of pyridine rings is 1. The molecular weight excluding hydrogens is 238 g/mol. The Bertz CT molecular complexity index is 348. The average molecular weight is 251 g/mol. The van der Waals surface area contributed by atoms with Crippen molar-refractivity contribution in [1.82, 2.24) is 9.88 Å². The van der Waals surface area contributed by atoms with Crippen molar-refractivity contribution in [2.24, 2.45) is 5.84 Å². The van der Waals surface area contributed by atoms with Crippen molar-refractivity contribution < 1.29 is 8.78 Å². The molecule has 90 valence electrons. The average Bonchev–Trinajstić information content (AvgIpc) is 2.20. The van der Waals surface area contributed by atoms with E-state index in [4.69, 9.17) is 17.4 Å². The van der Waals surface area contributed by atoms with Gasteiger partial charge in [0.25, 0.3) is 6.43 Å². The van der Waals surface area contributed by atoms with Gasteiger partial charge in [-0.25, -0.2) is 19.6 Å². The second-order valence-electron chi connectivity index (χ2n) is 3.36. The number of rotatable bonds is 5. The molecule has 0 aliphatic heterocycles. The van der Waals surface area contributed by atoms with Crippen LogP contribution < -0.4 is 11.3 Å². The third kappa shape index (κ3) is 3.88. The number of hydrazine groups is 1. The Morgan fingerprint density at radius 1 is 1.56 bits per heavy atom. The first kappa shape index (κ1) is 13.1. The number of aromatic nitrogens is 1. The minimum atomic E-state index is -2.38. The van der Waals surface area contributed by atoms with Crippen molar-refractivity contribution >= 4 is 17.4 Å². The SMILES string of the molecule is CN(Cc1nc(NN)ccc1Cl)CC(F)F. The summed E-state index contributed by atoms with van der Waals surface area (Å²) in [6.45, 7) is -0.0724. The quantitative estimate of drug-likeness (QED) is 0.617. The Balaban J connectivity index is 2.71. The molecule has 4 nitrogen and oxygen atoms in total. The highest BCUT2D eigenvalue weighted by Gasteiger charge is 2.11. The number of hydrogen-bond donors (Lipinski definition) is 2. The molecule has 1 aromatic heterocycles. The second kappa shape index (κ2) is 5.93. The standard InChI is InChI=1S/C9H13ClF2N4/c1-16(5-8(11)12)4-7-6(10)2-3-9(14-7)15-13/h2-3,8H,4-5,13H2,1H3,(H,14,15). The summed E-state index contributed by atoms with van der Waals surface area (Å²) in [5.74, 6) is 5.64. The molecule has 1 heterocycles. The van der Waals surface area contributed by atoms with Gasteiger partial charge in [-0.05, 0) is 19.2 Å². The normalized spacial score (nSPS) is 11.2. The van der Waals surface area contributed by atoms with Gasteiger partial charge in [-0.1, -0.05) is 11.6 Å². The summed E-state index contributed by atoms with van der Waals surface area (Å²) >= 11 is 5.89. The molecular formula is C9H13ClF2N4. The maximum atomic E-state index is 12.1. The topological polar surface area (TPSA) is 54.2 Å². The summed E-state index contributed by atoms with van der Waals surface area (Å²) in [5.41, 5.74) is 2.89. The molecule has 0 fully saturated rings. The van der Waals surface area contributed by atoms with E-state index in [1.54, 1.807) is 19.2 Å². The molecule has 0 atom stereocenters. The van der Waals surface area contributed by atoms with Gasteiger partial charge in [0.15, 0.2) is 0 Å². The molecule has 1 aromatic rings. The van der Waals surface area contributed by atoms with Crippen molar-refractivity contribution in [3.8, 4) is 0 Å². The van der Waals surface area contributed by atoms with Crippen molar-refractivity contribution in [1.29, 1.82) is 0 Å². The molecule has 0 aliphatic rings. The zero-order valence-corrected chi connectivity index (χ0v) is 9.51. The Morgan fingerprint density at radius 2 is 2.25 bits per heavy atom. The third-order valence-corrected chi connectivity index (χ3v) is 2.28. The maximum Gasteiger partial charge on any atom is 0.251 e. The number of nitrogens with one attached hydrogen (secondary N) is 1. The molecule has 0 unspecified atom stereocenters. The van der Waals surface area contributed by atoms with Crippen LogP contribution in [0.5, 0.6) is 0 Å². The number of nitrogen functional groups attached to an aromatic ring is 1. The number of alkyl halides is 2. The summed E-state index contributed by atoms with van der Waals surface area (Å²) in [7, 11) is 1.58. The Labute approximate surface area is 97.4 Å². The van der Waals surface area contributed by atoms with Crippen molar-refractivity contribution in [3.63, 3.8) is 0 Å². The van der Waals surface area contributed by atoms with E-state index in [-0.39, 0.29) is 13.1 Å². The fourth-order valence-electron chi connectivity index (χ4n) is 1.23. The zero-order chi connectivity index (χ0) is 12.1. The molecule has 0 saturated carbocycles. The fraction of sp³-hybridized carbons (Fsp3) is 0.444. The van der Waals surface area contributed by atoms with Crippen LogP contribution in [0.15, 0.2) is 12.1 Å². The molecule has 0 bridgehead atoms. The van der Waals surface area contributed by atoms with E-state index in [9.17, 15) is 8.78 Å². The van der Waals surface area contributed by atoms with Gasteiger partial charge < -0.3 is 5.43 Å². The summed E-state index contributed by atoms with van der Waals surface area (Å²) in [5, 5.41) is 0.431. The van der Waals surface area contributed by atoms with Gasteiger partial charge >= 0.3 is 0 Å². The molecule has 16 heavy (non-hydrogen) atoms. The summed E-state index contributed by atoms with van der Waals surface area (Å²) in [6, 6.07) is 3.23. The molecule has 0 aromatic carbocycles. The molecule has 7 heteroatoms. The molecule has 3 N–H and O–H groups in total. The fourth-order valence-corrected chi connectivity index (χ4v) is 1.40. The molecule has 0 spiro atoms. The Hall–Kier alpha value is -0.980. The van der Waals surface area contributed by atoms with E-state index in [0.717, 1.165) is 0 Å². The summed E-state index contributed by atoms with van der Waals surface area (Å²) in [6.07, 6.45) is -2.38. The molecule has 1 rings (SSSR count). The predicted octanol–water partition coefficient (Wildman–Crippen LogP) is 1.72.